The fraction of sp³-hybridized carbons (Fsp3) is 0.500. The highest BCUT2D eigenvalue weighted by atomic mass is 16.5. The van der Waals surface area contributed by atoms with Gasteiger partial charge in [-0.2, -0.15) is 0 Å². The Morgan fingerprint density at radius 3 is 2.53 bits per heavy atom. The lowest BCUT2D eigenvalue weighted by Crippen LogP contribution is -2.37. The SMILES string of the molecule is CCN(CCOC)C(=O)Nc1ccc(C(C)O)cc1. The second kappa shape index (κ2) is 7.76. The van der Waals surface area contributed by atoms with Crippen molar-refractivity contribution in [1.82, 2.24) is 4.90 Å². The fourth-order valence-corrected chi connectivity index (χ4v) is 1.65. The summed E-state index contributed by atoms with van der Waals surface area (Å²) in [4.78, 5) is 13.7. The second-order valence-corrected chi connectivity index (χ2v) is 4.30. The van der Waals surface area contributed by atoms with Gasteiger partial charge in [0, 0.05) is 25.9 Å². The first-order valence-corrected chi connectivity index (χ1v) is 6.41. The molecule has 0 heterocycles. The molecule has 1 unspecified atom stereocenters. The predicted octanol–water partition coefficient (Wildman–Crippen LogP) is 2.24. The molecule has 0 aliphatic rings. The lowest BCUT2D eigenvalue weighted by molar-refractivity contribution is 0.157. The van der Waals surface area contributed by atoms with E-state index in [1.165, 1.54) is 0 Å². The summed E-state index contributed by atoms with van der Waals surface area (Å²) in [7, 11) is 1.61. The second-order valence-electron chi connectivity index (χ2n) is 4.30. The molecule has 0 spiro atoms. The van der Waals surface area contributed by atoms with Crippen molar-refractivity contribution in [3.63, 3.8) is 0 Å². The van der Waals surface area contributed by atoms with Crippen molar-refractivity contribution in [2.24, 2.45) is 0 Å². The van der Waals surface area contributed by atoms with Crippen LogP contribution >= 0.6 is 0 Å². The van der Waals surface area contributed by atoms with Gasteiger partial charge in [0.1, 0.15) is 0 Å². The number of methoxy groups -OCH3 is 1. The van der Waals surface area contributed by atoms with Gasteiger partial charge in [0.25, 0.3) is 0 Å². The number of anilines is 1. The van der Waals surface area contributed by atoms with Gasteiger partial charge in [-0.05, 0) is 31.5 Å². The summed E-state index contributed by atoms with van der Waals surface area (Å²) < 4.78 is 4.97. The third-order valence-corrected chi connectivity index (χ3v) is 2.88. The van der Waals surface area contributed by atoms with Crippen molar-refractivity contribution < 1.29 is 14.6 Å². The molecule has 5 heteroatoms. The van der Waals surface area contributed by atoms with Crippen LogP contribution in [0.4, 0.5) is 10.5 Å². The van der Waals surface area contributed by atoms with Crippen LogP contribution in [0.1, 0.15) is 25.5 Å². The van der Waals surface area contributed by atoms with Crippen LogP contribution in [0.25, 0.3) is 0 Å². The number of likely N-dealkylation sites (N-methyl/N-ethyl adjacent to an activating group) is 1. The van der Waals surface area contributed by atoms with Crippen LogP contribution < -0.4 is 5.32 Å². The molecule has 1 atom stereocenters. The zero-order valence-electron chi connectivity index (χ0n) is 11.7. The molecule has 2 amide bonds. The van der Waals surface area contributed by atoms with Gasteiger partial charge in [-0.3, -0.25) is 0 Å². The Balaban J connectivity index is 2.59. The molecule has 0 radical (unpaired) electrons. The highest BCUT2D eigenvalue weighted by Gasteiger charge is 2.11. The lowest BCUT2D eigenvalue weighted by Gasteiger charge is -2.21. The number of amides is 2. The van der Waals surface area contributed by atoms with Crippen molar-refractivity contribution in [2.75, 3.05) is 32.1 Å². The summed E-state index contributed by atoms with van der Waals surface area (Å²) >= 11 is 0. The van der Waals surface area contributed by atoms with E-state index < -0.39 is 6.10 Å². The third-order valence-electron chi connectivity index (χ3n) is 2.88. The Bertz CT molecular complexity index is 390. The zero-order chi connectivity index (χ0) is 14.3. The minimum atomic E-state index is -0.501. The highest BCUT2D eigenvalue weighted by molar-refractivity contribution is 5.89. The van der Waals surface area contributed by atoms with E-state index in [4.69, 9.17) is 4.74 Å². The van der Waals surface area contributed by atoms with Crippen LogP contribution in [0.2, 0.25) is 0 Å². The molecule has 0 saturated carbocycles. The quantitative estimate of drug-likeness (QED) is 0.830. The number of benzene rings is 1. The first-order chi connectivity index (χ1) is 9.08. The normalized spacial score (nSPS) is 12.0. The summed E-state index contributed by atoms with van der Waals surface area (Å²) in [6, 6.07) is 7.01. The zero-order valence-corrected chi connectivity index (χ0v) is 11.7. The van der Waals surface area contributed by atoms with Gasteiger partial charge in [0.2, 0.25) is 0 Å². The number of nitrogens with one attached hydrogen (secondary N) is 1. The van der Waals surface area contributed by atoms with Crippen LogP contribution in [0, 0.1) is 0 Å². The maximum absolute atomic E-state index is 12.0. The summed E-state index contributed by atoms with van der Waals surface area (Å²) in [5, 5.41) is 12.2. The smallest absolute Gasteiger partial charge is 0.321 e. The summed E-state index contributed by atoms with van der Waals surface area (Å²) in [5.74, 6) is 0. The topological polar surface area (TPSA) is 61.8 Å². The van der Waals surface area contributed by atoms with Gasteiger partial charge < -0.3 is 20.1 Å². The van der Waals surface area contributed by atoms with Crippen LogP contribution in [0.5, 0.6) is 0 Å². The molecule has 1 aromatic rings. The molecule has 0 fully saturated rings. The first kappa shape index (κ1) is 15.5. The van der Waals surface area contributed by atoms with E-state index in [0.29, 0.717) is 25.4 Å². The molecule has 0 aliphatic carbocycles. The number of nitrogens with zero attached hydrogens (tertiary/aromatic N) is 1. The molecule has 1 aromatic carbocycles. The molecule has 0 aliphatic heterocycles. The van der Waals surface area contributed by atoms with E-state index in [0.717, 1.165) is 5.56 Å². The number of hydrogen-bond donors (Lipinski definition) is 2. The van der Waals surface area contributed by atoms with Gasteiger partial charge in [-0.1, -0.05) is 12.1 Å². The molecule has 0 saturated heterocycles. The molecule has 0 aromatic heterocycles. The third kappa shape index (κ3) is 4.89. The molecule has 19 heavy (non-hydrogen) atoms. The van der Waals surface area contributed by atoms with Gasteiger partial charge in [0.15, 0.2) is 0 Å². The summed E-state index contributed by atoms with van der Waals surface area (Å²) in [5.41, 5.74) is 1.54. The van der Waals surface area contributed by atoms with Crippen molar-refractivity contribution in [1.29, 1.82) is 0 Å². The van der Waals surface area contributed by atoms with Crippen LogP contribution in [0.3, 0.4) is 0 Å². The fourth-order valence-electron chi connectivity index (χ4n) is 1.65. The number of rotatable bonds is 6. The average molecular weight is 266 g/mol. The Hall–Kier alpha value is -1.59. The Kier molecular flexibility index (Phi) is 6.32. The van der Waals surface area contributed by atoms with E-state index in [1.807, 2.05) is 6.92 Å². The van der Waals surface area contributed by atoms with E-state index >= 15 is 0 Å². The van der Waals surface area contributed by atoms with Crippen molar-refractivity contribution in [3.05, 3.63) is 29.8 Å². The minimum absolute atomic E-state index is 0.149. The first-order valence-electron chi connectivity index (χ1n) is 6.41. The minimum Gasteiger partial charge on any atom is -0.389 e. The van der Waals surface area contributed by atoms with Crippen molar-refractivity contribution in [2.45, 2.75) is 20.0 Å². The van der Waals surface area contributed by atoms with Gasteiger partial charge >= 0.3 is 6.03 Å². The maximum Gasteiger partial charge on any atom is 0.321 e. The van der Waals surface area contributed by atoms with Crippen LogP contribution in [-0.2, 0) is 4.74 Å². The number of ether oxygens (including phenoxy) is 1. The van der Waals surface area contributed by atoms with Crippen molar-refractivity contribution >= 4 is 11.7 Å². The Morgan fingerprint density at radius 2 is 2.05 bits per heavy atom. The van der Waals surface area contributed by atoms with Gasteiger partial charge in [0.05, 0.1) is 12.7 Å². The summed E-state index contributed by atoms with van der Waals surface area (Å²) in [6.45, 7) is 5.33. The van der Waals surface area contributed by atoms with E-state index in [9.17, 15) is 9.90 Å². The molecular weight excluding hydrogens is 244 g/mol. The molecular formula is C14H22N2O3. The predicted molar refractivity (Wildman–Crippen MR) is 75.2 cm³/mol. The number of carbonyl (C=O) groups is 1. The highest BCUT2D eigenvalue weighted by Crippen LogP contribution is 2.15. The summed E-state index contributed by atoms with van der Waals surface area (Å²) in [6.07, 6.45) is -0.501. The molecule has 106 valence electrons. The average Bonchev–Trinajstić information content (AvgIpc) is 2.40. The van der Waals surface area contributed by atoms with Gasteiger partial charge in [-0.15, -0.1) is 0 Å². The number of hydrogen-bond acceptors (Lipinski definition) is 3. The monoisotopic (exact) mass is 266 g/mol. The number of urea groups is 1. The Morgan fingerprint density at radius 1 is 1.42 bits per heavy atom. The lowest BCUT2D eigenvalue weighted by atomic mass is 10.1. The number of carbonyl (C=O) groups excluding carboxylic acids is 1. The molecule has 1 rings (SSSR count). The van der Waals surface area contributed by atoms with Crippen molar-refractivity contribution in [3.8, 4) is 0 Å². The van der Waals surface area contributed by atoms with E-state index in [1.54, 1.807) is 43.2 Å². The maximum atomic E-state index is 12.0. The largest absolute Gasteiger partial charge is 0.389 e. The number of aliphatic hydroxyl groups excluding tert-OH is 1. The van der Waals surface area contributed by atoms with Crippen LogP contribution in [0.15, 0.2) is 24.3 Å². The standard InChI is InChI=1S/C14H22N2O3/c1-4-16(9-10-19-3)14(18)15-13-7-5-12(6-8-13)11(2)17/h5-8,11,17H,4,9-10H2,1-3H3,(H,15,18). The molecule has 5 nitrogen and oxygen atoms in total. The van der Waals surface area contributed by atoms with Gasteiger partial charge in [-0.25, -0.2) is 4.79 Å². The van der Waals surface area contributed by atoms with Crippen LogP contribution in [-0.4, -0.2) is 42.8 Å². The molecule has 0 bridgehead atoms. The molecule has 2 N–H and O–H groups in total. The van der Waals surface area contributed by atoms with E-state index in [-0.39, 0.29) is 6.03 Å². The number of aliphatic hydroxyl groups is 1. The Labute approximate surface area is 114 Å². The van der Waals surface area contributed by atoms with E-state index in [2.05, 4.69) is 5.32 Å².